The number of amides is 1. The molecule has 3 aromatic rings. The van der Waals surface area contributed by atoms with Crippen LogP contribution in [0.5, 0.6) is 0 Å². The Morgan fingerprint density at radius 2 is 2.05 bits per heavy atom. The van der Waals surface area contributed by atoms with Crippen molar-refractivity contribution in [1.29, 1.82) is 0 Å². The lowest BCUT2D eigenvalue weighted by atomic mass is 9.94. The molecule has 3 aliphatic heterocycles. The van der Waals surface area contributed by atoms with Crippen LogP contribution in [0.15, 0.2) is 36.8 Å². The first kappa shape index (κ1) is 23.4. The van der Waals surface area contributed by atoms with Gasteiger partial charge in [-0.05, 0) is 64.6 Å². The molecule has 0 saturated carbocycles. The summed E-state index contributed by atoms with van der Waals surface area (Å²) in [5, 5.41) is 11.3. The van der Waals surface area contributed by atoms with E-state index in [1.807, 2.05) is 36.2 Å². The predicted octanol–water partition coefficient (Wildman–Crippen LogP) is 1.47. The summed E-state index contributed by atoms with van der Waals surface area (Å²) in [5.41, 5.74) is 4.93. The van der Waals surface area contributed by atoms with E-state index in [1.165, 1.54) is 11.0 Å². The lowest BCUT2D eigenvalue weighted by molar-refractivity contribution is -0.141. The third-order valence-electron chi connectivity index (χ3n) is 8.31. The molecule has 0 N–H and O–H groups in total. The quantitative estimate of drug-likeness (QED) is 0.478. The SMILES string of the molecule is CC1Cc2cc(C3CN4CCN(C(=O)C5CCc6cc(-n7cnnn7)ncc65)CC4CO3)ccc2C(=O)O1. The number of carbonyl (C=O) groups is 2. The van der Waals surface area contributed by atoms with Gasteiger partial charge in [0.25, 0.3) is 0 Å². The van der Waals surface area contributed by atoms with E-state index in [4.69, 9.17) is 9.47 Å². The van der Waals surface area contributed by atoms with E-state index < -0.39 is 0 Å². The molecular formula is C27H29N7O4. The zero-order valence-corrected chi connectivity index (χ0v) is 21.2. The molecule has 4 atom stereocenters. The number of carbonyl (C=O) groups excluding carboxylic acids is 2. The molecule has 1 aromatic carbocycles. The van der Waals surface area contributed by atoms with Gasteiger partial charge < -0.3 is 14.4 Å². The molecule has 2 fully saturated rings. The number of nitrogens with zero attached hydrogens (tertiary/aromatic N) is 7. The monoisotopic (exact) mass is 515 g/mol. The summed E-state index contributed by atoms with van der Waals surface area (Å²) in [4.78, 5) is 34.7. The Morgan fingerprint density at radius 3 is 2.92 bits per heavy atom. The number of hydrogen-bond donors (Lipinski definition) is 0. The third kappa shape index (κ3) is 4.06. The first-order valence-electron chi connectivity index (χ1n) is 13.2. The number of morpholine rings is 1. The second kappa shape index (κ2) is 9.25. The summed E-state index contributed by atoms with van der Waals surface area (Å²) < 4.78 is 13.2. The van der Waals surface area contributed by atoms with Crippen molar-refractivity contribution in [3.8, 4) is 5.82 Å². The Bertz CT molecular complexity index is 1390. The summed E-state index contributed by atoms with van der Waals surface area (Å²) in [6, 6.07) is 8.11. The van der Waals surface area contributed by atoms with Crippen LogP contribution in [0.3, 0.4) is 0 Å². The van der Waals surface area contributed by atoms with Gasteiger partial charge in [-0.15, -0.1) is 5.10 Å². The van der Waals surface area contributed by atoms with E-state index in [9.17, 15) is 9.59 Å². The molecule has 4 aliphatic rings. The van der Waals surface area contributed by atoms with E-state index in [1.54, 1.807) is 0 Å². The van der Waals surface area contributed by atoms with Crippen molar-refractivity contribution in [2.75, 3.05) is 32.8 Å². The molecule has 1 aliphatic carbocycles. The molecular weight excluding hydrogens is 486 g/mol. The third-order valence-corrected chi connectivity index (χ3v) is 8.31. The number of tetrazole rings is 1. The minimum atomic E-state index is -0.246. The van der Waals surface area contributed by atoms with Gasteiger partial charge in [0, 0.05) is 38.8 Å². The Balaban J connectivity index is 1.01. The van der Waals surface area contributed by atoms with Gasteiger partial charge in [-0.25, -0.2) is 9.78 Å². The summed E-state index contributed by atoms with van der Waals surface area (Å²) in [6.07, 6.45) is 5.54. The van der Waals surface area contributed by atoms with Crippen LogP contribution in [-0.2, 0) is 27.1 Å². The molecule has 196 valence electrons. The average molecular weight is 516 g/mol. The van der Waals surface area contributed by atoms with Crippen LogP contribution in [0, 0.1) is 0 Å². The highest BCUT2D eigenvalue weighted by atomic mass is 16.5. The second-order valence-corrected chi connectivity index (χ2v) is 10.7. The van der Waals surface area contributed by atoms with Gasteiger partial charge in [0.2, 0.25) is 5.91 Å². The summed E-state index contributed by atoms with van der Waals surface area (Å²) in [6.45, 7) is 5.47. The molecule has 0 bridgehead atoms. The topological polar surface area (TPSA) is 116 Å². The molecule has 0 spiro atoms. The summed E-state index contributed by atoms with van der Waals surface area (Å²) >= 11 is 0. The molecule has 0 radical (unpaired) electrons. The van der Waals surface area contributed by atoms with Gasteiger partial charge in [0.15, 0.2) is 5.82 Å². The van der Waals surface area contributed by atoms with E-state index in [-0.39, 0.29) is 36.0 Å². The maximum absolute atomic E-state index is 13.6. The standard InChI is InChI=1S/C27H29N7O4/c1-16-8-19-9-18(3-4-21(19)27(36)38-16)24-13-32-6-7-33(12-20(32)14-37-24)26(35)22-5-2-17-10-25(28-11-23(17)22)34-15-29-30-31-34/h3-4,9-11,15-16,20,22,24H,2,5-8,12-14H2,1H3. The Kier molecular flexibility index (Phi) is 5.70. The maximum Gasteiger partial charge on any atom is 0.338 e. The zero-order valence-electron chi connectivity index (χ0n) is 21.2. The fraction of sp³-hybridized carbons (Fsp3) is 0.481. The highest BCUT2D eigenvalue weighted by Crippen LogP contribution is 2.36. The molecule has 7 rings (SSSR count). The summed E-state index contributed by atoms with van der Waals surface area (Å²) in [5.74, 6) is 0.439. The molecule has 11 nitrogen and oxygen atoms in total. The number of aryl methyl sites for hydroxylation is 1. The number of esters is 1. The van der Waals surface area contributed by atoms with E-state index in [0.717, 1.165) is 54.6 Å². The molecule has 1 amide bonds. The van der Waals surface area contributed by atoms with Crippen LogP contribution < -0.4 is 0 Å². The highest BCUT2D eigenvalue weighted by Gasteiger charge is 2.39. The lowest BCUT2D eigenvalue weighted by Gasteiger charge is -2.46. The maximum atomic E-state index is 13.6. The number of benzene rings is 1. The predicted molar refractivity (Wildman–Crippen MR) is 134 cm³/mol. The van der Waals surface area contributed by atoms with Gasteiger partial charge in [0.05, 0.1) is 30.2 Å². The van der Waals surface area contributed by atoms with Crippen molar-refractivity contribution in [3.05, 3.63) is 64.6 Å². The van der Waals surface area contributed by atoms with Crippen molar-refractivity contribution in [1.82, 2.24) is 35.0 Å². The van der Waals surface area contributed by atoms with Gasteiger partial charge in [-0.2, -0.15) is 4.68 Å². The van der Waals surface area contributed by atoms with Gasteiger partial charge in [-0.3, -0.25) is 9.69 Å². The van der Waals surface area contributed by atoms with Crippen LogP contribution in [0.2, 0.25) is 0 Å². The number of aromatic nitrogens is 5. The normalized spacial score (nSPS) is 26.9. The Hall–Kier alpha value is -3.70. The highest BCUT2D eigenvalue weighted by molar-refractivity contribution is 5.92. The van der Waals surface area contributed by atoms with Crippen LogP contribution >= 0.6 is 0 Å². The first-order chi connectivity index (χ1) is 18.5. The molecule has 11 heteroatoms. The number of hydrogen-bond acceptors (Lipinski definition) is 9. The first-order valence-corrected chi connectivity index (χ1v) is 13.2. The fourth-order valence-electron chi connectivity index (χ4n) is 6.31. The van der Waals surface area contributed by atoms with Crippen LogP contribution in [0.4, 0.5) is 0 Å². The number of fused-ring (bicyclic) bond motifs is 3. The number of cyclic esters (lactones) is 1. The molecule has 2 saturated heterocycles. The van der Waals surface area contributed by atoms with Crippen molar-refractivity contribution in [2.45, 2.75) is 50.4 Å². The van der Waals surface area contributed by atoms with Crippen LogP contribution in [-0.4, -0.2) is 91.8 Å². The zero-order chi connectivity index (χ0) is 25.8. The Labute approximate surface area is 219 Å². The van der Waals surface area contributed by atoms with Crippen molar-refractivity contribution < 1.29 is 19.1 Å². The van der Waals surface area contributed by atoms with Crippen molar-refractivity contribution >= 4 is 11.9 Å². The summed E-state index contributed by atoms with van der Waals surface area (Å²) in [7, 11) is 0. The average Bonchev–Trinajstić information content (AvgIpc) is 3.62. The van der Waals surface area contributed by atoms with Crippen molar-refractivity contribution in [2.24, 2.45) is 0 Å². The van der Waals surface area contributed by atoms with Gasteiger partial charge >= 0.3 is 5.97 Å². The minimum Gasteiger partial charge on any atom is -0.459 e. The van der Waals surface area contributed by atoms with Crippen LogP contribution in [0.1, 0.15) is 58.0 Å². The number of pyridine rings is 1. The molecule has 5 heterocycles. The molecule has 2 aromatic heterocycles. The number of ether oxygens (including phenoxy) is 2. The smallest absolute Gasteiger partial charge is 0.338 e. The number of rotatable bonds is 3. The van der Waals surface area contributed by atoms with Crippen molar-refractivity contribution in [3.63, 3.8) is 0 Å². The van der Waals surface area contributed by atoms with Gasteiger partial charge in [-0.1, -0.05) is 12.1 Å². The van der Waals surface area contributed by atoms with Gasteiger partial charge in [0.1, 0.15) is 12.4 Å². The minimum absolute atomic E-state index is 0.0470. The number of piperazine rings is 1. The van der Waals surface area contributed by atoms with E-state index >= 15 is 0 Å². The second-order valence-electron chi connectivity index (χ2n) is 10.7. The van der Waals surface area contributed by atoms with Crippen LogP contribution in [0.25, 0.3) is 5.82 Å². The largest absolute Gasteiger partial charge is 0.459 e. The molecule has 4 unspecified atom stereocenters. The lowest BCUT2D eigenvalue weighted by Crippen LogP contribution is -2.60. The van der Waals surface area contributed by atoms with E-state index in [0.29, 0.717) is 31.1 Å². The van der Waals surface area contributed by atoms with E-state index in [2.05, 4.69) is 31.5 Å². The Morgan fingerprint density at radius 1 is 1.13 bits per heavy atom. The fourth-order valence-corrected chi connectivity index (χ4v) is 6.31. The molecule has 38 heavy (non-hydrogen) atoms.